The molecule has 20 heavy (non-hydrogen) atoms. The zero-order valence-corrected chi connectivity index (χ0v) is 12.8. The molecule has 0 aliphatic heterocycles. The van der Waals surface area contributed by atoms with E-state index in [1.807, 2.05) is 6.92 Å². The highest BCUT2D eigenvalue weighted by Gasteiger charge is 2.06. The van der Waals surface area contributed by atoms with Gasteiger partial charge in [-0.1, -0.05) is 38.8 Å². The highest BCUT2D eigenvalue weighted by Crippen LogP contribution is 2.18. The average Bonchev–Trinajstić information content (AvgIpc) is 2.81. The molecule has 1 aromatic carbocycles. The lowest BCUT2D eigenvalue weighted by Gasteiger charge is -2.10. The fourth-order valence-electron chi connectivity index (χ4n) is 2.31. The predicted octanol–water partition coefficient (Wildman–Crippen LogP) is 4.35. The van der Waals surface area contributed by atoms with Crippen molar-refractivity contribution in [1.29, 1.82) is 0 Å². The molecule has 0 radical (unpaired) electrons. The number of anilines is 1. The van der Waals surface area contributed by atoms with Crippen molar-refractivity contribution in [2.24, 2.45) is 0 Å². The molecular weight excluding hydrogens is 246 g/mol. The predicted molar refractivity (Wildman–Crippen MR) is 85.7 cm³/mol. The highest BCUT2D eigenvalue weighted by molar-refractivity contribution is 5.44. The van der Waals surface area contributed by atoms with Gasteiger partial charge < -0.3 is 5.32 Å². The minimum atomic E-state index is 0.944. The minimum absolute atomic E-state index is 0.944. The number of hydrogen-bond donors (Lipinski definition) is 1. The molecular formula is C17H25N3. The molecule has 1 heterocycles. The van der Waals surface area contributed by atoms with Crippen LogP contribution in [0.4, 0.5) is 5.95 Å². The van der Waals surface area contributed by atoms with Crippen molar-refractivity contribution in [3.8, 4) is 5.69 Å². The summed E-state index contributed by atoms with van der Waals surface area (Å²) >= 11 is 0. The molecule has 2 rings (SSSR count). The van der Waals surface area contributed by atoms with E-state index >= 15 is 0 Å². The van der Waals surface area contributed by atoms with Gasteiger partial charge in [-0.25, -0.2) is 4.98 Å². The first-order valence-corrected chi connectivity index (χ1v) is 7.63. The third-order valence-electron chi connectivity index (χ3n) is 3.39. The van der Waals surface area contributed by atoms with Gasteiger partial charge in [0.25, 0.3) is 0 Å². The van der Waals surface area contributed by atoms with E-state index in [0.29, 0.717) is 0 Å². The molecule has 0 spiro atoms. The van der Waals surface area contributed by atoms with E-state index in [2.05, 4.69) is 59.2 Å². The summed E-state index contributed by atoms with van der Waals surface area (Å²) in [6, 6.07) is 8.78. The first kappa shape index (κ1) is 14.6. The smallest absolute Gasteiger partial charge is 0.207 e. The fraction of sp³-hybridized carbons (Fsp3) is 0.471. The van der Waals surface area contributed by atoms with Crippen molar-refractivity contribution in [1.82, 2.24) is 9.55 Å². The van der Waals surface area contributed by atoms with Crippen LogP contribution in [0.1, 0.15) is 44.4 Å². The van der Waals surface area contributed by atoms with E-state index in [0.717, 1.165) is 24.6 Å². The van der Waals surface area contributed by atoms with Crippen LogP contribution in [0.25, 0.3) is 5.69 Å². The van der Waals surface area contributed by atoms with Crippen LogP contribution in [0.5, 0.6) is 0 Å². The standard InChI is InChI=1S/C17H25N3/c1-4-6-12-18-17-19-14(3)13-20(17)16-10-8-15(7-5-2)9-11-16/h8-11,13H,4-7,12H2,1-3H3,(H,18,19). The highest BCUT2D eigenvalue weighted by atomic mass is 15.2. The molecule has 0 unspecified atom stereocenters. The van der Waals surface area contributed by atoms with Gasteiger partial charge in [0.1, 0.15) is 0 Å². The maximum atomic E-state index is 4.57. The van der Waals surface area contributed by atoms with Gasteiger partial charge in [0.05, 0.1) is 5.69 Å². The quantitative estimate of drug-likeness (QED) is 0.759. The van der Waals surface area contributed by atoms with Crippen LogP contribution in [0.2, 0.25) is 0 Å². The SMILES string of the molecule is CCCCNc1nc(C)cn1-c1ccc(CCC)cc1. The molecule has 108 valence electrons. The Hall–Kier alpha value is -1.77. The van der Waals surface area contributed by atoms with Crippen molar-refractivity contribution in [2.45, 2.75) is 46.5 Å². The van der Waals surface area contributed by atoms with Gasteiger partial charge in [0.2, 0.25) is 5.95 Å². The van der Waals surface area contributed by atoms with Gasteiger partial charge in [-0.05, 0) is 37.5 Å². The maximum Gasteiger partial charge on any atom is 0.207 e. The first-order chi connectivity index (χ1) is 9.74. The summed E-state index contributed by atoms with van der Waals surface area (Å²) in [4.78, 5) is 4.57. The normalized spacial score (nSPS) is 10.8. The number of aryl methyl sites for hydroxylation is 2. The Bertz CT molecular complexity index is 526. The number of benzene rings is 1. The summed E-state index contributed by atoms with van der Waals surface area (Å²) < 4.78 is 2.14. The topological polar surface area (TPSA) is 29.9 Å². The summed E-state index contributed by atoms with van der Waals surface area (Å²) in [6.45, 7) is 7.42. The molecule has 0 aliphatic carbocycles. The Labute approximate surface area is 122 Å². The number of hydrogen-bond acceptors (Lipinski definition) is 2. The van der Waals surface area contributed by atoms with Crippen molar-refractivity contribution in [3.05, 3.63) is 41.7 Å². The van der Waals surface area contributed by atoms with E-state index in [9.17, 15) is 0 Å². The molecule has 0 saturated carbocycles. The summed E-state index contributed by atoms with van der Waals surface area (Å²) in [5.41, 5.74) is 3.61. The van der Waals surface area contributed by atoms with Crippen molar-refractivity contribution >= 4 is 5.95 Å². The van der Waals surface area contributed by atoms with Gasteiger partial charge in [-0.2, -0.15) is 0 Å². The van der Waals surface area contributed by atoms with Gasteiger partial charge in [-0.15, -0.1) is 0 Å². The van der Waals surface area contributed by atoms with Crippen LogP contribution < -0.4 is 5.32 Å². The summed E-state index contributed by atoms with van der Waals surface area (Å²) in [5.74, 6) is 0.944. The van der Waals surface area contributed by atoms with Gasteiger partial charge in [0.15, 0.2) is 0 Å². The third-order valence-corrected chi connectivity index (χ3v) is 3.39. The maximum absolute atomic E-state index is 4.57. The lowest BCUT2D eigenvalue weighted by molar-refractivity contribution is 0.823. The van der Waals surface area contributed by atoms with E-state index in [4.69, 9.17) is 0 Å². The number of rotatable bonds is 7. The molecule has 0 saturated heterocycles. The molecule has 1 N–H and O–H groups in total. The molecule has 3 heteroatoms. The Morgan fingerprint density at radius 3 is 2.50 bits per heavy atom. The molecule has 0 fully saturated rings. The zero-order chi connectivity index (χ0) is 14.4. The molecule has 3 nitrogen and oxygen atoms in total. The molecule has 0 amide bonds. The second-order valence-corrected chi connectivity index (χ2v) is 5.27. The Morgan fingerprint density at radius 1 is 1.10 bits per heavy atom. The van der Waals surface area contributed by atoms with Crippen molar-refractivity contribution in [2.75, 3.05) is 11.9 Å². The lowest BCUT2D eigenvalue weighted by Crippen LogP contribution is -2.07. The van der Waals surface area contributed by atoms with Crippen LogP contribution in [-0.4, -0.2) is 16.1 Å². The molecule has 0 bridgehead atoms. The van der Waals surface area contributed by atoms with E-state index in [1.165, 1.54) is 30.5 Å². The number of nitrogens with zero attached hydrogens (tertiary/aromatic N) is 2. The zero-order valence-electron chi connectivity index (χ0n) is 12.8. The first-order valence-electron chi connectivity index (χ1n) is 7.63. The van der Waals surface area contributed by atoms with Crippen LogP contribution in [0.15, 0.2) is 30.5 Å². The average molecular weight is 271 g/mol. The number of aromatic nitrogens is 2. The molecule has 0 aliphatic rings. The Morgan fingerprint density at radius 2 is 1.85 bits per heavy atom. The van der Waals surface area contributed by atoms with Crippen molar-refractivity contribution in [3.63, 3.8) is 0 Å². The van der Waals surface area contributed by atoms with Gasteiger partial charge >= 0.3 is 0 Å². The summed E-state index contributed by atoms with van der Waals surface area (Å²) in [6.07, 6.45) is 6.78. The molecule has 1 aromatic heterocycles. The van der Waals surface area contributed by atoms with Crippen LogP contribution in [0.3, 0.4) is 0 Å². The summed E-state index contributed by atoms with van der Waals surface area (Å²) in [5, 5.41) is 3.43. The monoisotopic (exact) mass is 271 g/mol. The molecule has 0 atom stereocenters. The third kappa shape index (κ3) is 3.62. The van der Waals surface area contributed by atoms with Crippen LogP contribution in [0, 0.1) is 6.92 Å². The van der Waals surface area contributed by atoms with Crippen LogP contribution >= 0.6 is 0 Å². The van der Waals surface area contributed by atoms with Crippen LogP contribution in [-0.2, 0) is 6.42 Å². The number of imidazole rings is 1. The lowest BCUT2D eigenvalue weighted by atomic mass is 10.1. The van der Waals surface area contributed by atoms with E-state index in [-0.39, 0.29) is 0 Å². The summed E-state index contributed by atoms with van der Waals surface area (Å²) in [7, 11) is 0. The fourth-order valence-corrected chi connectivity index (χ4v) is 2.31. The van der Waals surface area contributed by atoms with E-state index < -0.39 is 0 Å². The second-order valence-electron chi connectivity index (χ2n) is 5.27. The Kier molecular flexibility index (Phi) is 5.22. The van der Waals surface area contributed by atoms with Gasteiger partial charge in [-0.3, -0.25) is 4.57 Å². The second kappa shape index (κ2) is 7.13. The molecule has 2 aromatic rings. The minimum Gasteiger partial charge on any atom is -0.355 e. The van der Waals surface area contributed by atoms with Gasteiger partial charge in [0, 0.05) is 18.4 Å². The van der Waals surface area contributed by atoms with E-state index in [1.54, 1.807) is 0 Å². The largest absolute Gasteiger partial charge is 0.355 e. The number of nitrogens with one attached hydrogen (secondary N) is 1. The van der Waals surface area contributed by atoms with Crippen molar-refractivity contribution < 1.29 is 0 Å². The Balaban J connectivity index is 2.18. The number of unbranched alkanes of at least 4 members (excludes halogenated alkanes) is 1.